The molecule has 22 heavy (non-hydrogen) atoms. The number of aromatic nitrogens is 4. The van der Waals surface area contributed by atoms with Gasteiger partial charge < -0.3 is 4.98 Å². The van der Waals surface area contributed by atoms with Crippen molar-refractivity contribution in [3.8, 4) is 0 Å². The molecule has 0 aliphatic heterocycles. The van der Waals surface area contributed by atoms with Crippen molar-refractivity contribution in [2.24, 2.45) is 0 Å². The number of thioether (sulfide) groups is 1. The fraction of sp³-hybridized carbons (Fsp3) is 0.0769. The van der Waals surface area contributed by atoms with Crippen molar-refractivity contribution in [1.82, 2.24) is 19.9 Å². The summed E-state index contributed by atoms with van der Waals surface area (Å²) in [6, 6.07) is 4.68. The first-order chi connectivity index (χ1) is 10.5. The van der Waals surface area contributed by atoms with Gasteiger partial charge in [0.1, 0.15) is 0 Å². The SMILES string of the molecule is O=C(CSc1nc2nc[nH]c2c(=O)[nH]1)c1ccc(Cl)cc1Cl. The number of carbonyl (C=O) groups is 1. The highest BCUT2D eigenvalue weighted by Crippen LogP contribution is 2.23. The molecular weight excluding hydrogens is 347 g/mol. The van der Waals surface area contributed by atoms with E-state index in [0.717, 1.165) is 11.8 Å². The quantitative estimate of drug-likeness (QED) is 0.427. The van der Waals surface area contributed by atoms with Crippen molar-refractivity contribution in [3.63, 3.8) is 0 Å². The molecule has 0 spiro atoms. The number of nitrogens with one attached hydrogen (secondary N) is 2. The van der Waals surface area contributed by atoms with E-state index >= 15 is 0 Å². The number of H-pyrrole nitrogens is 2. The van der Waals surface area contributed by atoms with Gasteiger partial charge in [-0.3, -0.25) is 14.6 Å². The van der Waals surface area contributed by atoms with Crippen molar-refractivity contribution in [3.05, 3.63) is 50.5 Å². The van der Waals surface area contributed by atoms with Crippen molar-refractivity contribution in [2.45, 2.75) is 5.16 Å². The number of hydrogen-bond donors (Lipinski definition) is 2. The van der Waals surface area contributed by atoms with Crippen LogP contribution in [-0.4, -0.2) is 31.5 Å². The van der Waals surface area contributed by atoms with Crippen LogP contribution in [0.5, 0.6) is 0 Å². The highest BCUT2D eigenvalue weighted by molar-refractivity contribution is 7.99. The second kappa shape index (κ2) is 6.12. The molecule has 1 aromatic carbocycles. The smallest absolute Gasteiger partial charge is 0.277 e. The zero-order valence-corrected chi connectivity index (χ0v) is 13.2. The van der Waals surface area contributed by atoms with E-state index < -0.39 is 0 Å². The Kier molecular flexibility index (Phi) is 4.19. The van der Waals surface area contributed by atoms with Crippen LogP contribution < -0.4 is 5.56 Å². The fourth-order valence-corrected chi connectivity index (χ4v) is 3.07. The molecule has 0 saturated carbocycles. The molecule has 3 aromatic rings. The fourth-order valence-electron chi connectivity index (χ4n) is 1.82. The van der Waals surface area contributed by atoms with Crippen LogP contribution in [-0.2, 0) is 0 Å². The first kappa shape index (κ1) is 15.1. The van der Waals surface area contributed by atoms with Gasteiger partial charge in [0.05, 0.1) is 17.1 Å². The van der Waals surface area contributed by atoms with Gasteiger partial charge >= 0.3 is 0 Å². The van der Waals surface area contributed by atoms with Crippen LogP contribution in [0.1, 0.15) is 10.4 Å². The molecule has 0 atom stereocenters. The Balaban J connectivity index is 1.78. The van der Waals surface area contributed by atoms with Crippen LogP contribution in [0.25, 0.3) is 11.2 Å². The van der Waals surface area contributed by atoms with Gasteiger partial charge in [-0.1, -0.05) is 35.0 Å². The molecule has 0 amide bonds. The van der Waals surface area contributed by atoms with Gasteiger partial charge in [0.2, 0.25) is 0 Å². The van der Waals surface area contributed by atoms with Gasteiger partial charge in [0, 0.05) is 10.6 Å². The van der Waals surface area contributed by atoms with Crippen LogP contribution in [0.15, 0.2) is 34.5 Å². The second-order valence-electron chi connectivity index (χ2n) is 4.31. The maximum atomic E-state index is 12.2. The summed E-state index contributed by atoms with van der Waals surface area (Å²) >= 11 is 12.9. The Labute approximate surface area is 138 Å². The lowest BCUT2D eigenvalue weighted by atomic mass is 10.1. The van der Waals surface area contributed by atoms with Gasteiger partial charge in [0.15, 0.2) is 22.1 Å². The number of aromatic amines is 2. The van der Waals surface area contributed by atoms with Gasteiger partial charge in [-0.05, 0) is 18.2 Å². The first-order valence-electron chi connectivity index (χ1n) is 6.09. The summed E-state index contributed by atoms with van der Waals surface area (Å²) in [4.78, 5) is 37.3. The Hall–Kier alpha value is -1.83. The number of hydrogen-bond acceptors (Lipinski definition) is 5. The number of halogens is 2. The van der Waals surface area contributed by atoms with Crippen molar-refractivity contribution in [2.75, 3.05) is 5.75 Å². The maximum Gasteiger partial charge on any atom is 0.277 e. The minimum atomic E-state index is -0.332. The van der Waals surface area contributed by atoms with Gasteiger partial charge in [-0.15, -0.1) is 0 Å². The summed E-state index contributed by atoms with van der Waals surface area (Å²) in [6.07, 6.45) is 1.39. The number of benzene rings is 1. The van der Waals surface area contributed by atoms with Gasteiger partial charge in [-0.25, -0.2) is 9.97 Å². The zero-order valence-electron chi connectivity index (χ0n) is 10.9. The Morgan fingerprint density at radius 2 is 2.14 bits per heavy atom. The second-order valence-corrected chi connectivity index (χ2v) is 6.12. The summed E-state index contributed by atoms with van der Waals surface area (Å²) < 4.78 is 0. The topological polar surface area (TPSA) is 91.5 Å². The first-order valence-corrected chi connectivity index (χ1v) is 7.83. The molecule has 0 bridgehead atoms. The summed E-state index contributed by atoms with van der Waals surface area (Å²) in [6.45, 7) is 0. The maximum absolute atomic E-state index is 12.2. The van der Waals surface area contributed by atoms with E-state index in [4.69, 9.17) is 23.2 Å². The average Bonchev–Trinajstić information content (AvgIpc) is 2.93. The lowest BCUT2D eigenvalue weighted by Crippen LogP contribution is -2.10. The molecule has 9 heteroatoms. The largest absolute Gasteiger partial charge is 0.339 e. The minimum Gasteiger partial charge on any atom is -0.339 e. The van der Waals surface area contributed by atoms with Crippen molar-refractivity contribution >= 4 is 51.9 Å². The predicted molar refractivity (Wildman–Crippen MR) is 86.0 cm³/mol. The van der Waals surface area contributed by atoms with Gasteiger partial charge in [-0.2, -0.15) is 0 Å². The molecule has 0 saturated heterocycles. The standard InChI is InChI=1S/C13H8Cl2N4O2S/c14-6-1-2-7(8(15)3-6)9(20)4-22-13-18-11-10(12(21)19-13)16-5-17-11/h1-3,5H,4H2,(H2,16,17,18,19,21). The van der Waals surface area contributed by atoms with Gasteiger partial charge in [0.25, 0.3) is 5.56 Å². The number of fused-ring (bicyclic) bond motifs is 1. The third-order valence-electron chi connectivity index (χ3n) is 2.85. The molecule has 6 nitrogen and oxygen atoms in total. The van der Waals surface area contributed by atoms with Crippen LogP contribution in [0.4, 0.5) is 0 Å². The number of rotatable bonds is 4. The summed E-state index contributed by atoms with van der Waals surface area (Å²) in [5.41, 5.74) is 0.656. The van der Waals surface area contributed by atoms with Crippen LogP contribution in [0, 0.1) is 0 Å². The molecule has 0 aliphatic carbocycles. The van der Waals surface area contributed by atoms with E-state index in [1.807, 2.05) is 0 Å². The molecule has 0 fully saturated rings. The molecule has 3 rings (SSSR count). The van der Waals surface area contributed by atoms with E-state index in [-0.39, 0.29) is 17.1 Å². The summed E-state index contributed by atoms with van der Waals surface area (Å²) in [7, 11) is 0. The molecule has 0 radical (unpaired) electrons. The lowest BCUT2D eigenvalue weighted by Gasteiger charge is -2.04. The Bertz CT molecular complexity index is 922. The number of nitrogens with zero attached hydrogens (tertiary/aromatic N) is 2. The third kappa shape index (κ3) is 3.01. The third-order valence-corrected chi connectivity index (χ3v) is 4.27. The number of ketones is 1. The van der Waals surface area contributed by atoms with Crippen molar-refractivity contribution in [1.29, 1.82) is 0 Å². The molecule has 2 heterocycles. The van der Waals surface area contributed by atoms with E-state index in [1.54, 1.807) is 12.1 Å². The van der Waals surface area contributed by atoms with Crippen molar-refractivity contribution < 1.29 is 4.79 Å². The van der Waals surface area contributed by atoms with Crippen LogP contribution in [0.2, 0.25) is 10.0 Å². The lowest BCUT2D eigenvalue weighted by molar-refractivity contribution is 0.102. The monoisotopic (exact) mass is 354 g/mol. The molecule has 0 aliphatic rings. The van der Waals surface area contributed by atoms with E-state index in [2.05, 4.69) is 19.9 Å². The number of Topliss-reactive ketones (excluding diaryl/α,β-unsaturated/α-hetero) is 1. The zero-order chi connectivity index (χ0) is 15.7. The molecule has 112 valence electrons. The summed E-state index contributed by atoms with van der Waals surface area (Å²) in [5.74, 6) is -0.100. The highest BCUT2D eigenvalue weighted by Gasteiger charge is 2.13. The normalized spacial score (nSPS) is 11.0. The van der Waals surface area contributed by atoms with E-state index in [9.17, 15) is 9.59 Å². The van der Waals surface area contributed by atoms with E-state index in [0.29, 0.717) is 31.9 Å². The summed E-state index contributed by atoms with van der Waals surface area (Å²) in [5, 5.41) is 1.08. The van der Waals surface area contributed by atoms with Crippen LogP contribution >= 0.6 is 35.0 Å². The average molecular weight is 355 g/mol. The predicted octanol–water partition coefficient (Wildman–Crippen LogP) is 2.93. The van der Waals surface area contributed by atoms with E-state index in [1.165, 1.54) is 12.4 Å². The molecule has 0 unspecified atom stereocenters. The molecule has 2 aromatic heterocycles. The Morgan fingerprint density at radius 3 is 2.91 bits per heavy atom. The highest BCUT2D eigenvalue weighted by atomic mass is 35.5. The number of carbonyl (C=O) groups excluding carboxylic acids is 1. The number of imidazole rings is 1. The minimum absolute atomic E-state index is 0.0836. The molecule has 2 N–H and O–H groups in total. The van der Waals surface area contributed by atoms with Crippen LogP contribution in [0.3, 0.4) is 0 Å². The Morgan fingerprint density at radius 1 is 1.32 bits per heavy atom. The molecular formula is C13H8Cl2N4O2S.